The Kier molecular flexibility index (Phi) is 5.34. The summed E-state index contributed by atoms with van der Waals surface area (Å²) < 4.78 is 0. The molecule has 1 fully saturated rings. The van der Waals surface area contributed by atoms with Crippen LogP contribution in [0.15, 0.2) is 65.8 Å². The first-order valence-electron chi connectivity index (χ1n) is 8.95. The summed E-state index contributed by atoms with van der Waals surface area (Å²) in [6, 6.07) is 20.1. The van der Waals surface area contributed by atoms with Gasteiger partial charge in [-0.1, -0.05) is 78.5 Å². The number of aromatic amines is 1. The van der Waals surface area contributed by atoms with E-state index < -0.39 is 0 Å². The number of nitrogens with zero attached hydrogens (tertiary/aromatic N) is 2. The highest BCUT2D eigenvalue weighted by molar-refractivity contribution is 8.00. The van der Waals surface area contributed by atoms with Crippen LogP contribution in [-0.4, -0.2) is 27.1 Å². The minimum absolute atomic E-state index is 0.0138. The number of H-pyrrole nitrogens is 1. The number of hydrogen-bond donors (Lipinski definition) is 2. The molecular formula is C21H20N4OS. The number of benzene rings is 2. The summed E-state index contributed by atoms with van der Waals surface area (Å²) in [5.74, 6) is 0.677. The molecule has 0 radical (unpaired) electrons. The average molecular weight is 376 g/mol. The van der Waals surface area contributed by atoms with E-state index in [0.29, 0.717) is 17.0 Å². The van der Waals surface area contributed by atoms with Crippen LogP contribution in [0.3, 0.4) is 0 Å². The Morgan fingerprint density at radius 2 is 1.78 bits per heavy atom. The molecule has 2 N–H and O–H groups in total. The lowest BCUT2D eigenvalue weighted by molar-refractivity contribution is -0.120. The first-order valence-corrected chi connectivity index (χ1v) is 9.83. The summed E-state index contributed by atoms with van der Waals surface area (Å²) in [4.78, 5) is 17.2. The number of rotatable bonds is 7. The van der Waals surface area contributed by atoms with E-state index in [2.05, 4.69) is 20.5 Å². The normalized spacial score (nSPS) is 15.0. The van der Waals surface area contributed by atoms with Crippen LogP contribution in [0.2, 0.25) is 0 Å². The molecule has 1 aromatic heterocycles. The number of carbonyl (C=O) groups is 1. The van der Waals surface area contributed by atoms with E-state index in [1.165, 1.54) is 11.8 Å². The SMILES string of the molecule is O=C(NC1CC1)C(Sc1n[nH]c(/C=C/c2ccccc2)n1)c1ccccc1. The van der Waals surface area contributed by atoms with Crippen molar-refractivity contribution in [2.75, 3.05) is 0 Å². The fourth-order valence-corrected chi connectivity index (χ4v) is 3.56. The van der Waals surface area contributed by atoms with Crippen molar-refractivity contribution in [3.8, 4) is 0 Å². The van der Waals surface area contributed by atoms with Gasteiger partial charge in [0, 0.05) is 6.04 Å². The van der Waals surface area contributed by atoms with Crippen LogP contribution >= 0.6 is 11.8 Å². The van der Waals surface area contributed by atoms with E-state index >= 15 is 0 Å². The first-order chi connectivity index (χ1) is 13.3. The fourth-order valence-electron chi connectivity index (χ4n) is 2.64. The van der Waals surface area contributed by atoms with Crippen molar-refractivity contribution in [3.05, 3.63) is 77.6 Å². The largest absolute Gasteiger partial charge is 0.352 e. The predicted molar refractivity (Wildman–Crippen MR) is 108 cm³/mol. The van der Waals surface area contributed by atoms with Crippen LogP contribution in [-0.2, 0) is 4.79 Å². The van der Waals surface area contributed by atoms with Gasteiger partial charge in [0.1, 0.15) is 11.1 Å². The summed E-state index contributed by atoms with van der Waals surface area (Å²) >= 11 is 1.36. The zero-order chi connectivity index (χ0) is 18.5. The highest BCUT2D eigenvalue weighted by Gasteiger charge is 2.29. The Bertz CT molecular complexity index is 920. The smallest absolute Gasteiger partial charge is 0.238 e. The van der Waals surface area contributed by atoms with E-state index in [-0.39, 0.29) is 11.2 Å². The predicted octanol–water partition coefficient (Wildman–Crippen LogP) is 4.09. The van der Waals surface area contributed by atoms with Gasteiger partial charge in [-0.25, -0.2) is 4.98 Å². The molecule has 136 valence electrons. The van der Waals surface area contributed by atoms with Gasteiger partial charge in [0.15, 0.2) is 0 Å². The number of hydrogen-bond acceptors (Lipinski definition) is 4. The molecule has 3 aromatic rings. The summed E-state index contributed by atoms with van der Waals surface area (Å²) in [5.41, 5.74) is 2.04. The van der Waals surface area contributed by atoms with Gasteiger partial charge in [0.2, 0.25) is 11.1 Å². The van der Waals surface area contributed by atoms with Gasteiger partial charge >= 0.3 is 0 Å². The lowest BCUT2D eigenvalue weighted by Crippen LogP contribution is -2.29. The number of nitrogens with one attached hydrogen (secondary N) is 2. The standard InChI is InChI=1S/C21H20N4OS/c26-20(22-17-12-13-17)19(16-9-5-2-6-10-16)27-21-23-18(24-25-21)14-11-15-7-3-1-4-8-15/h1-11,14,17,19H,12-13H2,(H,22,26)(H,23,24,25)/b14-11+. The van der Waals surface area contributed by atoms with E-state index in [1.54, 1.807) is 0 Å². The third-order valence-corrected chi connectivity index (χ3v) is 5.32. The molecule has 5 nitrogen and oxygen atoms in total. The molecule has 27 heavy (non-hydrogen) atoms. The Morgan fingerprint density at radius 1 is 1.07 bits per heavy atom. The van der Waals surface area contributed by atoms with E-state index in [1.807, 2.05) is 72.8 Å². The molecule has 1 saturated carbocycles. The van der Waals surface area contributed by atoms with Crippen molar-refractivity contribution in [1.82, 2.24) is 20.5 Å². The topological polar surface area (TPSA) is 70.7 Å². The monoisotopic (exact) mass is 376 g/mol. The van der Waals surface area contributed by atoms with Crippen molar-refractivity contribution in [3.63, 3.8) is 0 Å². The Hall–Kier alpha value is -2.86. The summed E-state index contributed by atoms with van der Waals surface area (Å²) in [6.07, 6.45) is 5.98. The molecule has 0 spiro atoms. The average Bonchev–Trinajstić information content (AvgIpc) is 3.41. The van der Waals surface area contributed by atoms with Gasteiger partial charge < -0.3 is 5.32 Å². The molecule has 1 unspecified atom stereocenters. The summed E-state index contributed by atoms with van der Waals surface area (Å²) in [7, 11) is 0. The van der Waals surface area contributed by atoms with E-state index in [0.717, 1.165) is 24.0 Å². The summed E-state index contributed by atoms with van der Waals surface area (Å²) in [5, 5.41) is 10.5. The molecule has 0 saturated heterocycles. The first kappa shape index (κ1) is 17.5. The maximum Gasteiger partial charge on any atom is 0.238 e. The third-order valence-electron chi connectivity index (χ3n) is 4.20. The molecule has 1 heterocycles. The van der Waals surface area contributed by atoms with Crippen molar-refractivity contribution >= 4 is 29.8 Å². The highest BCUT2D eigenvalue weighted by atomic mass is 32.2. The van der Waals surface area contributed by atoms with Crippen molar-refractivity contribution < 1.29 is 4.79 Å². The van der Waals surface area contributed by atoms with Gasteiger partial charge in [-0.2, -0.15) is 0 Å². The molecule has 1 aliphatic rings. The number of amides is 1. The van der Waals surface area contributed by atoms with Crippen molar-refractivity contribution in [2.24, 2.45) is 0 Å². The molecule has 6 heteroatoms. The number of aromatic nitrogens is 3. The second-order valence-corrected chi connectivity index (χ2v) is 7.51. The molecule has 0 bridgehead atoms. The van der Waals surface area contributed by atoms with Crippen LogP contribution in [0.1, 0.15) is 35.0 Å². The van der Waals surface area contributed by atoms with Crippen LogP contribution in [0.4, 0.5) is 0 Å². The molecule has 4 rings (SSSR count). The van der Waals surface area contributed by atoms with Gasteiger partial charge in [-0.05, 0) is 30.0 Å². The maximum atomic E-state index is 12.7. The van der Waals surface area contributed by atoms with Gasteiger partial charge in [0.25, 0.3) is 0 Å². The lowest BCUT2D eigenvalue weighted by atomic mass is 10.1. The number of carbonyl (C=O) groups excluding carboxylic acids is 1. The molecule has 0 aliphatic heterocycles. The van der Waals surface area contributed by atoms with Gasteiger partial charge in [-0.3, -0.25) is 9.89 Å². The molecular weight excluding hydrogens is 356 g/mol. The lowest BCUT2D eigenvalue weighted by Gasteiger charge is -2.15. The summed E-state index contributed by atoms with van der Waals surface area (Å²) in [6.45, 7) is 0. The zero-order valence-corrected chi connectivity index (χ0v) is 15.5. The van der Waals surface area contributed by atoms with E-state index in [9.17, 15) is 4.79 Å². The van der Waals surface area contributed by atoms with Crippen molar-refractivity contribution in [2.45, 2.75) is 29.3 Å². The zero-order valence-electron chi connectivity index (χ0n) is 14.7. The quantitative estimate of drug-likeness (QED) is 0.610. The van der Waals surface area contributed by atoms with Crippen LogP contribution < -0.4 is 5.32 Å². The molecule has 1 amide bonds. The van der Waals surface area contributed by atoms with Crippen LogP contribution in [0.25, 0.3) is 12.2 Å². The minimum atomic E-state index is -0.367. The second kappa shape index (κ2) is 8.22. The Labute approximate surface area is 162 Å². The minimum Gasteiger partial charge on any atom is -0.352 e. The molecule has 2 aromatic carbocycles. The van der Waals surface area contributed by atoms with Gasteiger partial charge in [-0.15, -0.1) is 5.10 Å². The Balaban J connectivity index is 1.48. The Morgan fingerprint density at radius 3 is 2.48 bits per heavy atom. The molecule has 1 atom stereocenters. The maximum absolute atomic E-state index is 12.7. The third kappa shape index (κ3) is 4.86. The fraction of sp³-hybridized carbons (Fsp3) is 0.190. The van der Waals surface area contributed by atoms with Gasteiger partial charge in [0.05, 0.1) is 0 Å². The van der Waals surface area contributed by atoms with Crippen LogP contribution in [0, 0.1) is 0 Å². The van der Waals surface area contributed by atoms with Crippen molar-refractivity contribution in [1.29, 1.82) is 0 Å². The highest BCUT2D eigenvalue weighted by Crippen LogP contribution is 2.34. The number of thioether (sulfide) groups is 1. The van der Waals surface area contributed by atoms with E-state index in [4.69, 9.17) is 0 Å². The molecule has 1 aliphatic carbocycles. The van der Waals surface area contributed by atoms with Crippen LogP contribution in [0.5, 0.6) is 0 Å². The second-order valence-electron chi connectivity index (χ2n) is 6.44.